The molecular weight excluding hydrogens is 242 g/mol. The molecule has 1 rings (SSSR count). The molecule has 0 bridgehead atoms. The molecule has 0 spiro atoms. The average Bonchev–Trinajstić information content (AvgIpc) is 2.25. The van der Waals surface area contributed by atoms with Gasteiger partial charge in [0, 0.05) is 31.6 Å². The van der Waals surface area contributed by atoms with Gasteiger partial charge in [0.15, 0.2) is 0 Å². The molecule has 5 nitrogen and oxygen atoms in total. The first-order valence-electron chi connectivity index (χ1n) is 5.68. The Hall–Kier alpha value is -0.810. The van der Waals surface area contributed by atoms with Crippen molar-refractivity contribution in [1.29, 1.82) is 0 Å². The third-order valence-electron chi connectivity index (χ3n) is 2.55. The molecule has 1 saturated heterocycles. The molecule has 1 fully saturated rings. The van der Waals surface area contributed by atoms with E-state index in [1.165, 1.54) is 0 Å². The molecule has 1 aliphatic heterocycles. The van der Waals surface area contributed by atoms with Gasteiger partial charge < -0.3 is 15.5 Å². The van der Waals surface area contributed by atoms with Crippen LogP contribution in [0, 0.1) is 5.41 Å². The van der Waals surface area contributed by atoms with Crippen molar-refractivity contribution in [3.05, 3.63) is 0 Å². The highest BCUT2D eigenvalue weighted by Crippen LogP contribution is 2.12. The number of hydrogen-bond donors (Lipinski definition) is 2. The Morgan fingerprint density at radius 2 is 1.76 bits per heavy atom. The van der Waals surface area contributed by atoms with Crippen molar-refractivity contribution in [3.63, 3.8) is 0 Å². The molecule has 0 aromatic heterocycles. The lowest BCUT2D eigenvalue weighted by molar-refractivity contribution is -0.135. The highest BCUT2D eigenvalue weighted by Gasteiger charge is 2.23. The van der Waals surface area contributed by atoms with E-state index in [0.717, 1.165) is 26.2 Å². The molecule has 0 radical (unpaired) electrons. The van der Waals surface area contributed by atoms with Crippen LogP contribution in [-0.4, -0.2) is 49.4 Å². The SMILES string of the molecule is CC(C)(C)C(=O)NCC(=O)N1CCNCC1.Cl. The number of halogens is 1. The van der Waals surface area contributed by atoms with Gasteiger partial charge in [-0.15, -0.1) is 12.4 Å². The summed E-state index contributed by atoms with van der Waals surface area (Å²) in [6.45, 7) is 8.72. The summed E-state index contributed by atoms with van der Waals surface area (Å²) in [7, 11) is 0. The maximum atomic E-state index is 11.7. The zero-order valence-electron chi connectivity index (χ0n) is 10.7. The second kappa shape index (κ2) is 6.81. The summed E-state index contributed by atoms with van der Waals surface area (Å²) in [5.41, 5.74) is -0.441. The molecule has 2 N–H and O–H groups in total. The Kier molecular flexibility index (Phi) is 6.49. The zero-order valence-corrected chi connectivity index (χ0v) is 11.5. The molecule has 1 heterocycles. The number of nitrogens with one attached hydrogen (secondary N) is 2. The average molecular weight is 264 g/mol. The van der Waals surface area contributed by atoms with Crippen molar-refractivity contribution in [1.82, 2.24) is 15.5 Å². The van der Waals surface area contributed by atoms with Crippen LogP contribution in [0.25, 0.3) is 0 Å². The second-order valence-corrected chi connectivity index (χ2v) is 5.06. The lowest BCUT2D eigenvalue weighted by Gasteiger charge is -2.28. The lowest BCUT2D eigenvalue weighted by Crippen LogP contribution is -2.50. The fourth-order valence-electron chi connectivity index (χ4n) is 1.45. The maximum absolute atomic E-state index is 11.7. The largest absolute Gasteiger partial charge is 0.347 e. The van der Waals surface area contributed by atoms with Gasteiger partial charge in [0.2, 0.25) is 11.8 Å². The van der Waals surface area contributed by atoms with Crippen LogP contribution in [0.3, 0.4) is 0 Å². The lowest BCUT2D eigenvalue weighted by atomic mass is 9.96. The minimum absolute atomic E-state index is 0. The molecular formula is C11H22ClN3O2. The zero-order chi connectivity index (χ0) is 12.2. The summed E-state index contributed by atoms with van der Waals surface area (Å²) in [4.78, 5) is 25.0. The van der Waals surface area contributed by atoms with Crippen LogP contribution in [0.2, 0.25) is 0 Å². The fraction of sp³-hybridized carbons (Fsp3) is 0.818. The minimum atomic E-state index is -0.441. The predicted molar refractivity (Wildman–Crippen MR) is 69.2 cm³/mol. The Balaban J connectivity index is 0.00000256. The highest BCUT2D eigenvalue weighted by molar-refractivity contribution is 5.87. The predicted octanol–water partition coefficient (Wildman–Crippen LogP) is 0.00230. The Morgan fingerprint density at radius 1 is 1.24 bits per heavy atom. The van der Waals surface area contributed by atoms with Gasteiger partial charge in [-0.2, -0.15) is 0 Å². The van der Waals surface area contributed by atoms with E-state index in [0.29, 0.717) is 0 Å². The summed E-state index contributed by atoms with van der Waals surface area (Å²) >= 11 is 0. The minimum Gasteiger partial charge on any atom is -0.347 e. The Morgan fingerprint density at radius 3 is 2.24 bits per heavy atom. The number of amides is 2. The van der Waals surface area contributed by atoms with Gasteiger partial charge in [-0.25, -0.2) is 0 Å². The van der Waals surface area contributed by atoms with Crippen LogP contribution in [-0.2, 0) is 9.59 Å². The van der Waals surface area contributed by atoms with Crippen LogP contribution in [0.4, 0.5) is 0 Å². The summed E-state index contributed by atoms with van der Waals surface area (Å²) < 4.78 is 0. The summed E-state index contributed by atoms with van der Waals surface area (Å²) in [5, 5.41) is 5.85. The monoisotopic (exact) mass is 263 g/mol. The van der Waals surface area contributed by atoms with Gasteiger partial charge in [0.25, 0.3) is 0 Å². The van der Waals surface area contributed by atoms with Crippen LogP contribution in [0.1, 0.15) is 20.8 Å². The molecule has 100 valence electrons. The van der Waals surface area contributed by atoms with Crippen molar-refractivity contribution < 1.29 is 9.59 Å². The first-order chi connectivity index (χ1) is 7.41. The molecule has 6 heteroatoms. The van der Waals surface area contributed by atoms with Crippen molar-refractivity contribution in [3.8, 4) is 0 Å². The van der Waals surface area contributed by atoms with Crippen LogP contribution >= 0.6 is 12.4 Å². The van der Waals surface area contributed by atoms with Gasteiger partial charge in [0.1, 0.15) is 0 Å². The number of nitrogens with zero attached hydrogens (tertiary/aromatic N) is 1. The summed E-state index contributed by atoms with van der Waals surface area (Å²) in [6.07, 6.45) is 0. The number of piperazine rings is 1. The Labute approximate surface area is 109 Å². The first-order valence-corrected chi connectivity index (χ1v) is 5.68. The third kappa shape index (κ3) is 5.37. The van der Waals surface area contributed by atoms with E-state index >= 15 is 0 Å². The smallest absolute Gasteiger partial charge is 0.242 e. The van der Waals surface area contributed by atoms with E-state index in [-0.39, 0.29) is 30.8 Å². The highest BCUT2D eigenvalue weighted by atomic mass is 35.5. The van der Waals surface area contributed by atoms with Gasteiger partial charge in [-0.3, -0.25) is 9.59 Å². The van der Waals surface area contributed by atoms with Gasteiger partial charge >= 0.3 is 0 Å². The molecule has 0 aliphatic carbocycles. The standard InChI is InChI=1S/C11H21N3O2.ClH/c1-11(2,3)10(16)13-8-9(15)14-6-4-12-5-7-14;/h12H,4-8H2,1-3H3,(H,13,16);1H. The summed E-state index contributed by atoms with van der Waals surface area (Å²) in [5.74, 6) is -0.0879. The maximum Gasteiger partial charge on any atom is 0.242 e. The van der Waals surface area contributed by atoms with Crippen LogP contribution in [0.5, 0.6) is 0 Å². The van der Waals surface area contributed by atoms with Crippen molar-refractivity contribution in [2.75, 3.05) is 32.7 Å². The molecule has 0 unspecified atom stereocenters. The van der Waals surface area contributed by atoms with Crippen LogP contribution < -0.4 is 10.6 Å². The first kappa shape index (κ1) is 16.2. The van der Waals surface area contributed by atoms with Crippen molar-refractivity contribution >= 4 is 24.2 Å². The normalized spacial score (nSPS) is 16.1. The summed E-state index contributed by atoms with van der Waals surface area (Å²) in [6, 6.07) is 0. The van der Waals surface area contributed by atoms with Gasteiger partial charge in [0.05, 0.1) is 6.54 Å². The van der Waals surface area contributed by atoms with E-state index in [9.17, 15) is 9.59 Å². The topological polar surface area (TPSA) is 61.4 Å². The van der Waals surface area contributed by atoms with Gasteiger partial charge in [-0.05, 0) is 0 Å². The number of carbonyl (C=O) groups is 2. The van der Waals surface area contributed by atoms with E-state index in [1.54, 1.807) is 4.90 Å². The molecule has 1 aliphatic rings. The van der Waals surface area contributed by atoms with E-state index in [1.807, 2.05) is 20.8 Å². The Bertz CT molecular complexity index is 270. The molecule has 0 atom stereocenters. The number of hydrogen-bond acceptors (Lipinski definition) is 3. The van der Waals surface area contributed by atoms with Crippen molar-refractivity contribution in [2.45, 2.75) is 20.8 Å². The van der Waals surface area contributed by atoms with Gasteiger partial charge in [-0.1, -0.05) is 20.8 Å². The van der Waals surface area contributed by atoms with Crippen molar-refractivity contribution in [2.24, 2.45) is 5.41 Å². The second-order valence-electron chi connectivity index (χ2n) is 5.06. The van der Waals surface area contributed by atoms with Crippen LogP contribution in [0.15, 0.2) is 0 Å². The molecule has 0 aromatic carbocycles. The quantitative estimate of drug-likeness (QED) is 0.738. The molecule has 0 aromatic rings. The van der Waals surface area contributed by atoms with E-state index < -0.39 is 5.41 Å². The van der Waals surface area contributed by atoms with E-state index in [2.05, 4.69) is 10.6 Å². The molecule has 17 heavy (non-hydrogen) atoms. The number of carbonyl (C=O) groups excluding carboxylic acids is 2. The molecule has 0 saturated carbocycles. The van der Waals surface area contributed by atoms with E-state index in [4.69, 9.17) is 0 Å². The third-order valence-corrected chi connectivity index (χ3v) is 2.55. The molecule has 2 amide bonds. The number of rotatable bonds is 2. The fourth-order valence-corrected chi connectivity index (χ4v) is 1.45.